The van der Waals surface area contributed by atoms with Crippen LogP contribution in [0.25, 0.3) is 0 Å². The molecule has 1 unspecified atom stereocenters. The van der Waals surface area contributed by atoms with Gasteiger partial charge in [-0.1, -0.05) is 0 Å². The molecule has 0 aliphatic rings. The van der Waals surface area contributed by atoms with Crippen LogP contribution in [0.3, 0.4) is 0 Å². The Morgan fingerprint density at radius 3 is 2.73 bits per heavy atom. The lowest BCUT2D eigenvalue weighted by molar-refractivity contribution is -0.137. The van der Waals surface area contributed by atoms with E-state index in [1.165, 1.54) is 13.0 Å². The van der Waals surface area contributed by atoms with Crippen molar-refractivity contribution in [3.63, 3.8) is 0 Å². The van der Waals surface area contributed by atoms with Gasteiger partial charge in [0.1, 0.15) is 11.6 Å². The van der Waals surface area contributed by atoms with Crippen molar-refractivity contribution >= 4 is 5.97 Å². The first-order valence-electron chi connectivity index (χ1n) is 4.38. The summed E-state index contributed by atoms with van der Waals surface area (Å²) >= 11 is 0. The SMILES string of the molecule is Cc1c(F)ccc(O)c1C(N)CC(=O)O. The minimum absolute atomic E-state index is 0.150. The van der Waals surface area contributed by atoms with Gasteiger partial charge in [-0.05, 0) is 24.6 Å². The molecule has 0 aromatic heterocycles. The fraction of sp³-hybridized carbons (Fsp3) is 0.300. The van der Waals surface area contributed by atoms with E-state index < -0.39 is 17.8 Å². The van der Waals surface area contributed by atoms with Gasteiger partial charge in [-0.15, -0.1) is 0 Å². The number of benzene rings is 1. The van der Waals surface area contributed by atoms with Crippen LogP contribution in [-0.2, 0) is 4.79 Å². The van der Waals surface area contributed by atoms with Crippen LogP contribution >= 0.6 is 0 Å². The van der Waals surface area contributed by atoms with E-state index in [2.05, 4.69) is 0 Å². The summed E-state index contributed by atoms with van der Waals surface area (Å²) in [5.74, 6) is -1.78. The lowest BCUT2D eigenvalue weighted by Crippen LogP contribution is -2.16. The lowest BCUT2D eigenvalue weighted by atomic mass is 9.98. The van der Waals surface area contributed by atoms with Crippen LogP contribution in [0.4, 0.5) is 4.39 Å². The molecule has 0 saturated carbocycles. The second-order valence-corrected chi connectivity index (χ2v) is 3.31. The highest BCUT2D eigenvalue weighted by Crippen LogP contribution is 2.29. The van der Waals surface area contributed by atoms with E-state index in [1.54, 1.807) is 0 Å². The smallest absolute Gasteiger partial charge is 0.305 e. The van der Waals surface area contributed by atoms with Crippen molar-refractivity contribution in [3.05, 3.63) is 29.1 Å². The fourth-order valence-electron chi connectivity index (χ4n) is 1.45. The van der Waals surface area contributed by atoms with Crippen LogP contribution in [0.1, 0.15) is 23.6 Å². The standard InChI is InChI=1S/C10H12FNO3/c1-5-6(11)2-3-8(13)10(5)7(12)4-9(14)15/h2-3,7,13H,4,12H2,1H3,(H,14,15). The van der Waals surface area contributed by atoms with Crippen molar-refractivity contribution in [1.29, 1.82) is 0 Å². The Morgan fingerprint density at radius 2 is 2.20 bits per heavy atom. The van der Waals surface area contributed by atoms with Gasteiger partial charge >= 0.3 is 5.97 Å². The summed E-state index contributed by atoms with van der Waals surface area (Å²) < 4.78 is 13.1. The monoisotopic (exact) mass is 213 g/mol. The average Bonchev–Trinajstić information content (AvgIpc) is 2.11. The van der Waals surface area contributed by atoms with E-state index in [0.29, 0.717) is 0 Å². The molecule has 0 saturated heterocycles. The first kappa shape index (κ1) is 11.5. The van der Waals surface area contributed by atoms with Crippen LogP contribution < -0.4 is 5.73 Å². The van der Waals surface area contributed by atoms with Gasteiger partial charge in [0.05, 0.1) is 6.42 Å². The Bertz CT molecular complexity index is 392. The van der Waals surface area contributed by atoms with Gasteiger partial charge in [-0.3, -0.25) is 4.79 Å². The lowest BCUT2D eigenvalue weighted by Gasteiger charge is -2.14. The zero-order valence-corrected chi connectivity index (χ0v) is 8.20. The number of rotatable bonds is 3. The van der Waals surface area contributed by atoms with Crippen LogP contribution in [0.15, 0.2) is 12.1 Å². The quantitative estimate of drug-likeness (QED) is 0.706. The van der Waals surface area contributed by atoms with Gasteiger partial charge in [0.2, 0.25) is 0 Å². The molecule has 0 aliphatic carbocycles. The number of carboxylic acids is 1. The Morgan fingerprint density at radius 1 is 1.60 bits per heavy atom. The second-order valence-electron chi connectivity index (χ2n) is 3.31. The van der Waals surface area contributed by atoms with E-state index in [1.807, 2.05) is 0 Å². The largest absolute Gasteiger partial charge is 0.508 e. The summed E-state index contributed by atoms with van der Waals surface area (Å²) in [6.07, 6.45) is -0.349. The molecule has 0 amide bonds. The Balaban J connectivity index is 3.12. The molecule has 82 valence electrons. The Labute approximate surface area is 86.1 Å². The molecule has 0 radical (unpaired) electrons. The van der Waals surface area contributed by atoms with Crippen molar-refractivity contribution < 1.29 is 19.4 Å². The molecule has 1 atom stereocenters. The van der Waals surface area contributed by atoms with Gasteiger partial charge < -0.3 is 15.9 Å². The Hall–Kier alpha value is -1.62. The van der Waals surface area contributed by atoms with E-state index in [4.69, 9.17) is 10.8 Å². The first-order valence-corrected chi connectivity index (χ1v) is 4.38. The molecular formula is C10H12FNO3. The summed E-state index contributed by atoms with van der Waals surface area (Å²) in [6, 6.07) is 1.37. The van der Waals surface area contributed by atoms with Gasteiger partial charge in [0, 0.05) is 11.6 Å². The number of hydrogen-bond acceptors (Lipinski definition) is 3. The number of hydrogen-bond donors (Lipinski definition) is 3. The summed E-state index contributed by atoms with van der Waals surface area (Å²) in [5.41, 5.74) is 5.89. The van der Waals surface area contributed by atoms with E-state index in [0.717, 1.165) is 6.07 Å². The third-order valence-corrected chi connectivity index (χ3v) is 2.19. The predicted octanol–water partition coefficient (Wildman–Crippen LogP) is 1.31. The van der Waals surface area contributed by atoms with Gasteiger partial charge in [-0.2, -0.15) is 0 Å². The molecule has 15 heavy (non-hydrogen) atoms. The first-order chi connectivity index (χ1) is 6.93. The number of phenols is 1. The number of carbonyl (C=O) groups is 1. The molecule has 0 heterocycles. The van der Waals surface area contributed by atoms with Crippen molar-refractivity contribution in [1.82, 2.24) is 0 Å². The fourth-order valence-corrected chi connectivity index (χ4v) is 1.45. The zero-order valence-electron chi connectivity index (χ0n) is 8.20. The molecule has 0 spiro atoms. The maximum atomic E-state index is 13.1. The van der Waals surface area contributed by atoms with E-state index in [9.17, 15) is 14.3 Å². The summed E-state index contributed by atoms with van der Waals surface area (Å²) in [4.78, 5) is 10.4. The molecule has 0 aliphatic heterocycles. The summed E-state index contributed by atoms with van der Waals surface area (Å²) in [5, 5.41) is 18.0. The van der Waals surface area contributed by atoms with Crippen LogP contribution in [0.2, 0.25) is 0 Å². The van der Waals surface area contributed by atoms with Crippen molar-refractivity contribution in [2.75, 3.05) is 0 Å². The van der Waals surface area contributed by atoms with E-state index in [-0.39, 0.29) is 23.3 Å². The minimum atomic E-state index is -1.09. The number of halogens is 1. The second kappa shape index (κ2) is 4.27. The van der Waals surface area contributed by atoms with Gasteiger partial charge in [0.15, 0.2) is 0 Å². The normalized spacial score (nSPS) is 12.5. The van der Waals surface area contributed by atoms with Crippen LogP contribution in [0, 0.1) is 12.7 Å². The van der Waals surface area contributed by atoms with E-state index >= 15 is 0 Å². The maximum absolute atomic E-state index is 13.1. The number of aromatic hydroxyl groups is 1. The molecule has 1 rings (SSSR count). The summed E-state index contributed by atoms with van der Waals surface area (Å²) in [7, 11) is 0. The molecule has 4 N–H and O–H groups in total. The highest BCUT2D eigenvalue weighted by Gasteiger charge is 2.18. The van der Waals surface area contributed by atoms with Crippen molar-refractivity contribution in [3.8, 4) is 5.75 Å². The van der Waals surface area contributed by atoms with Crippen LogP contribution in [-0.4, -0.2) is 16.2 Å². The number of phenolic OH excluding ortho intramolecular Hbond substituents is 1. The van der Waals surface area contributed by atoms with Crippen LogP contribution in [0.5, 0.6) is 5.75 Å². The average molecular weight is 213 g/mol. The number of carboxylic acid groups (broad SMARTS) is 1. The number of nitrogens with two attached hydrogens (primary N) is 1. The zero-order chi connectivity index (χ0) is 11.6. The summed E-state index contributed by atoms with van der Waals surface area (Å²) in [6.45, 7) is 1.45. The highest BCUT2D eigenvalue weighted by molar-refractivity contribution is 5.68. The topological polar surface area (TPSA) is 83.5 Å². The van der Waals surface area contributed by atoms with Gasteiger partial charge in [0.25, 0.3) is 0 Å². The molecule has 5 heteroatoms. The van der Waals surface area contributed by atoms with Crippen molar-refractivity contribution in [2.45, 2.75) is 19.4 Å². The molecule has 1 aromatic rings. The molecule has 1 aromatic carbocycles. The Kier molecular flexibility index (Phi) is 3.26. The predicted molar refractivity (Wildman–Crippen MR) is 52.0 cm³/mol. The molecular weight excluding hydrogens is 201 g/mol. The third-order valence-electron chi connectivity index (χ3n) is 2.19. The molecule has 0 bridgehead atoms. The molecule has 4 nitrogen and oxygen atoms in total. The molecule has 0 fully saturated rings. The third kappa shape index (κ3) is 2.44. The minimum Gasteiger partial charge on any atom is -0.508 e. The maximum Gasteiger partial charge on any atom is 0.305 e. The van der Waals surface area contributed by atoms with Gasteiger partial charge in [-0.25, -0.2) is 4.39 Å². The number of aliphatic carboxylic acids is 1. The van der Waals surface area contributed by atoms with Crippen molar-refractivity contribution in [2.24, 2.45) is 5.73 Å². The highest BCUT2D eigenvalue weighted by atomic mass is 19.1.